The van der Waals surface area contributed by atoms with E-state index in [0.29, 0.717) is 31.8 Å². The van der Waals surface area contributed by atoms with Crippen LogP contribution in [0.5, 0.6) is 5.75 Å². The fourth-order valence-electron chi connectivity index (χ4n) is 8.43. The van der Waals surface area contributed by atoms with Crippen LogP contribution in [0.2, 0.25) is 0 Å². The van der Waals surface area contributed by atoms with Crippen molar-refractivity contribution in [3.8, 4) is 17.0 Å². The predicted molar refractivity (Wildman–Crippen MR) is 206 cm³/mol. The van der Waals surface area contributed by atoms with E-state index in [1.165, 1.54) is 12.0 Å². The minimum absolute atomic E-state index is 0.0713. The van der Waals surface area contributed by atoms with E-state index in [2.05, 4.69) is 57.3 Å². The molecule has 3 fully saturated rings. The van der Waals surface area contributed by atoms with Gasteiger partial charge in [0, 0.05) is 48.2 Å². The number of sulfonamides is 1. The lowest BCUT2D eigenvalue weighted by Crippen LogP contribution is -2.53. The zero-order valence-corrected chi connectivity index (χ0v) is 32.0. The molecule has 1 atom stereocenters. The van der Waals surface area contributed by atoms with Crippen molar-refractivity contribution < 1.29 is 22.7 Å². The molecule has 3 aromatic carbocycles. The lowest BCUT2D eigenvalue weighted by molar-refractivity contribution is -0.146. The second kappa shape index (κ2) is 14.3. The summed E-state index contributed by atoms with van der Waals surface area (Å²) < 4.78 is 35.8. The molecule has 9 nitrogen and oxygen atoms in total. The van der Waals surface area contributed by atoms with Gasteiger partial charge in [0.05, 0.1) is 29.5 Å². The van der Waals surface area contributed by atoms with Crippen LogP contribution in [0.25, 0.3) is 22.2 Å². The van der Waals surface area contributed by atoms with Crippen molar-refractivity contribution in [1.82, 2.24) is 19.1 Å². The summed E-state index contributed by atoms with van der Waals surface area (Å²) in [5.41, 5.74) is 5.83. The molecule has 2 heterocycles. The molecule has 0 radical (unpaired) electrons. The van der Waals surface area contributed by atoms with Crippen LogP contribution in [-0.4, -0.2) is 73.6 Å². The molecule has 1 unspecified atom stereocenters. The smallest absolute Gasteiger partial charge is 0.264 e. The van der Waals surface area contributed by atoms with Gasteiger partial charge in [-0.25, -0.2) is 13.1 Å². The molecule has 2 amide bonds. The molecule has 0 spiro atoms. The Labute approximate surface area is 308 Å². The minimum atomic E-state index is -3.73. The van der Waals surface area contributed by atoms with Crippen molar-refractivity contribution in [3.63, 3.8) is 0 Å². The third-order valence-electron chi connectivity index (χ3n) is 11.4. The summed E-state index contributed by atoms with van der Waals surface area (Å²) in [6, 6.07) is 21.9. The van der Waals surface area contributed by atoms with Crippen LogP contribution in [0.15, 0.2) is 66.7 Å². The van der Waals surface area contributed by atoms with E-state index >= 15 is 0 Å². The van der Waals surface area contributed by atoms with Gasteiger partial charge in [0.2, 0.25) is 15.9 Å². The molecule has 2 saturated carbocycles. The quantitative estimate of drug-likeness (QED) is 0.183. The highest BCUT2D eigenvalue weighted by Crippen LogP contribution is 2.46. The first kappa shape index (κ1) is 36.2. The first-order valence-electron chi connectivity index (χ1n) is 18.8. The van der Waals surface area contributed by atoms with Gasteiger partial charge in [-0.15, -0.1) is 0 Å². The molecule has 4 aromatic rings. The number of ether oxygens (including phenoxy) is 1. The van der Waals surface area contributed by atoms with Gasteiger partial charge in [-0.2, -0.15) is 0 Å². The fraction of sp³-hybridized carbons (Fsp3) is 0.476. The number of carbonyl (C=O) groups excluding carboxylic acids is 2. The Balaban J connectivity index is 1.38. The molecule has 276 valence electrons. The van der Waals surface area contributed by atoms with Crippen molar-refractivity contribution in [2.24, 2.45) is 5.41 Å². The van der Waals surface area contributed by atoms with Gasteiger partial charge >= 0.3 is 0 Å². The lowest BCUT2D eigenvalue weighted by Gasteiger charge is -2.43. The summed E-state index contributed by atoms with van der Waals surface area (Å²) in [5.74, 6) is 0.540. The van der Waals surface area contributed by atoms with E-state index in [0.717, 1.165) is 77.8 Å². The number of likely N-dealkylation sites (N-methyl/N-ethyl adjacent to an activating group) is 1. The number of nitrogens with one attached hydrogen (secondary N) is 1. The van der Waals surface area contributed by atoms with Crippen LogP contribution in [0.1, 0.15) is 97.8 Å². The van der Waals surface area contributed by atoms with Crippen LogP contribution in [0.3, 0.4) is 0 Å². The number of aryl methyl sites for hydroxylation is 1. The van der Waals surface area contributed by atoms with Gasteiger partial charge in [-0.3, -0.25) is 9.59 Å². The molecular formula is C42H52N4O5S. The topological polar surface area (TPSA) is 101 Å². The van der Waals surface area contributed by atoms with Crippen molar-refractivity contribution in [2.75, 3.05) is 33.8 Å². The standard InChI is InChI=1S/C42H52N4O5S/c1-28-24-32(51-5)17-21-34(28)39-38(30-14-10-7-11-15-30)35-20-16-31(40(47)43-52(49,50)33-18-19-33)25-36(35)46(39)27-42(2,3)41(48)45-23-22-44(4)26-37(45)29-12-8-6-9-13-29/h6,8-9,12-13,16-17,20-21,24-25,30,33,37H,7,10-11,14-15,18-19,22-23,26-27H2,1-5H3,(H,43,47). The normalized spacial score (nSPS) is 19.2. The van der Waals surface area contributed by atoms with Crippen molar-refractivity contribution in [2.45, 2.75) is 89.5 Å². The second-order valence-corrected chi connectivity index (χ2v) is 17.8. The Morgan fingerprint density at radius 2 is 1.65 bits per heavy atom. The summed E-state index contributed by atoms with van der Waals surface area (Å²) in [6.45, 7) is 8.70. The first-order chi connectivity index (χ1) is 24.9. The highest BCUT2D eigenvalue weighted by molar-refractivity contribution is 7.91. The van der Waals surface area contributed by atoms with Crippen molar-refractivity contribution in [3.05, 3.63) is 89.0 Å². The average molecular weight is 725 g/mol. The van der Waals surface area contributed by atoms with Crippen molar-refractivity contribution >= 4 is 32.7 Å². The van der Waals surface area contributed by atoms with E-state index < -0.39 is 26.6 Å². The molecule has 1 aromatic heterocycles. The van der Waals surface area contributed by atoms with Crippen LogP contribution in [0.4, 0.5) is 0 Å². The van der Waals surface area contributed by atoms with Crippen LogP contribution in [0, 0.1) is 12.3 Å². The molecular weight excluding hydrogens is 673 g/mol. The summed E-state index contributed by atoms with van der Waals surface area (Å²) >= 11 is 0. The predicted octanol–water partition coefficient (Wildman–Crippen LogP) is 7.44. The number of piperazine rings is 1. The SMILES string of the molecule is COc1ccc(-c2c(C3CCCCC3)c3ccc(C(=O)NS(=O)(=O)C4CC4)cc3n2CC(C)(C)C(=O)N2CCN(C)CC2c2ccccc2)c(C)c1. The molecule has 1 aliphatic heterocycles. The maximum absolute atomic E-state index is 14.9. The molecule has 1 saturated heterocycles. The largest absolute Gasteiger partial charge is 0.497 e. The van der Waals surface area contributed by atoms with Crippen LogP contribution in [-0.2, 0) is 21.4 Å². The first-order valence-corrected chi connectivity index (χ1v) is 20.3. The van der Waals surface area contributed by atoms with Crippen molar-refractivity contribution in [1.29, 1.82) is 0 Å². The second-order valence-electron chi connectivity index (χ2n) is 15.8. The number of benzene rings is 3. The number of fused-ring (bicyclic) bond motifs is 1. The summed E-state index contributed by atoms with van der Waals surface area (Å²) in [7, 11) is 0.0470. The van der Waals surface area contributed by atoms with E-state index in [1.54, 1.807) is 13.2 Å². The zero-order chi connectivity index (χ0) is 36.8. The molecule has 52 heavy (non-hydrogen) atoms. The number of methoxy groups -OCH3 is 1. The van der Waals surface area contributed by atoms with Gasteiger partial charge in [0.25, 0.3) is 5.91 Å². The average Bonchev–Trinajstić information content (AvgIpc) is 3.96. The molecule has 7 rings (SSSR count). The van der Waals surface area contributed by atoms with E-state index in [-0.39, 0.29) is 17.5 Å². The summed E-state index contributed by atoms with van der Waals surface area (Å²) in [4.78, 5) is 32.8. The Bertz CT molecular complexity index is 2080. The third-order valence-corrected chi connectivity index (χ3v) is 13.2. The number of hydrogen-bond donors (Lipinski definition) is 1. The van der Waals surface area contributed by atoms with Crippen LogP contribution < -0.4 is 9.46 Å². The maximum atomic E-state index is 14.9. The monoisotopic (exact) mass is 724 g/mol. The third kappa shape index (κ3) is 7.12. The van der Waals surface area contributed by atoms with Gasteiger partial charge in [0.15, 0.2) is 0 Å². The highest BCUT2D eigenvalue weighted by Gasteiger charge is 2.41. The number of hydrogen-bond acceptors (Lipinski definition) is 6. The Kier molecular flexibility index (Phi) is 9.99. The number of nitrogens with zero attached hydrogens (tertiary/aromatic N) is 3. The van der Waals surface area contributed by atoms with Gasteiger partial charge < -0.3 is 19.1 Å². The number of rotatable bonds is 10. The summed E-state index contributed by atoms with van der Waals surface area (Å²) in [6.07, 6.45) is 6.76. The van der Waals surface area contributed by atoms with E-state index in [4.69, 9.17) is 4.74 Å². The molecule has 1 N–H and O–H groups in total. The molecule has 2 aliphatic carbocycles. The van der Waals surface area contributed by atoms with Crippen LogP contribution >= 0.6 is 0 Å². The van der Waals surface area contributed by atoms with E-state index in [9.17, 15) is 18.0 Å². The molecule has 10 heteroatoms. The van der Waals surface area contributed by atoms with Gasteiger partial charge in [-0.05, 0) is 106 Å². The zero-order valence-electron chi connectivity index (χ0n) is 31.2. The Morgan fingerprint density at radius 3 is 2.33 bits per heavy atom. The van der Waals surface area contributed by atoms with Gasteiger partial charge in [0.1, 0.15) is 5.75 Å². The Morgan fingerprint density at radius 1 is 0.923 bits per heavy atom. The lowest BCUT2D eigenvalue weighted by atomic mass is 9.81. The van der Waals surface area contributed by atoms with Gasteiger partial charge in [-0.1, -0.05) is 55.7 Å². The number of carbonyl (C=O) groups is 2. The fourth-order valence-corrected chi connectivity index (χ4v) is 9.73. The number of amides is 2. The maximum Gasteiger partial charge on any atom is 0.264 e. The molecule has 3 aliphatic rings. The highest BCUT2D eigenvalue weighted by atomic mass is 32.2. The minimum Gasteiger partial charge on any atom is -0.497 e. The Hall–Kier alpha value is -4.15. The summed E-state index contributed by atoms with van der Waals surface area (Å²) in [5, 5.41) is 0.538. The van der Waals surface area contributed by atoms with E-state index in [1.807, 2.05) is 50.2 Å². The molecule has 0 bridgehead atoms. The number of aromatic nitrogens is 1.